The molecule has 1 aromatic carbocycles. The van der Waals surface area contributed by atoms with Gasteiger partial charge in [-0.2, -0.15) is 0 Å². The van der Waals surface area contributed by atoms with Crippen molar-refractivity contribution in [1.82, 2.24) is 4.90 Å². The van der Waals surface area contributed by atoms with Gasteiger partial charge in [0.25, 0.3) is 0 Å². The summed E-state index contributed by atoms with van der Waals surface area (Å²) in [5.41, 5.74) is 7.99. The third-order valence-corrected chi connectivity index (χ3v) is 4.49. The number of rotatable bonds is 5. The van der Waals surface area contributed by atoms with Crippen LogP contribution >= 0.6 is 11.6 Å². The summed E-state index contributed by atoms with van der Waals surface area (Å²) >= 11 is 5.97. The molecule has 3 nitrogen and oxygen atoms in total. The summed E-state index contributed by atoms with van der Waals surface area (Å²) in [7, 11) is 0. The lowest BCUT2D eigenvalue weighted by atomic mass is 10.1. The second kappa shape index (κ2) is 7.19. The van der Waals surface area contributed by atoms with Crippen LogP contribution in [0, 0.1) is 0 Å². The number of nitrogens with two attached hydrogens (primary N) is 1. The lowest BCUT2D eigenvalue weighted by molar-refractivity contribution is 0.170. The molecule has 1 atom stereocenters. The first-order valence-corrected chi connectivity index (χ1v) is 8.07. The fourth-order valence-electron chi connectivity index (χ4n) is 3.12. The van der Waals surface area contributed by atoms with Crippen molar-refractivity contribution in [2.75, 3.05) is 36.8 Å². The Morgan fingerprint density at radius 1 is 1.20 bits per heavy atom. The van der Waals surface area contributed by atoms with E-state index in [2.05, 4.69) is 23.6 Å². The molecule has 4 heteroatoms. The molecule has 0 saturated carbocycles. The van der Waals surface area contributed by atoms with Crippen molar-refractivity contribution >= 4 is 23.0 Å². The van der Waals surface area contributed by atoms with Gasteiger partial charge in [0, 0.05) is 37.2 Å². The van der Waals surface area contributed by atoms with Crippen LogP contribution in [0.1, 0.15) is 33.1 Å². The normalized spacial score (nSPS) is 18.2. The molecule has 1 fully saturated rings. The van der Waals surface area contributed by atoms with Gasteiger partial charge in [0.15, 0.2) is 0 Å². The van der Waals surface area contributed by atoms with Crippen LogP contribution in [0.15, 0.2) is 18.2 Å². The minimum atomic E-state index is 0.707. The first kappa shape index (κ1) is 15.5. The predicted octanol–water partition coefficient (Wildman–Crippen LogP) is 3.62. The van der Waals surface area contributed by atoms with Gasteiger partial charge in [0.2, 0.25) is 0 Å². The van der Waals surface area contributed by atoms with Crippen molar-refractivity contribution in [3.63, 3.8) is 0 Å². The summed E-state index contributed by atoms with van der Waals surface area (Å²) in [6, 6.07) is 6.54. The molecule has 1 aromatic rings. The first-order chi connectivity index (χ1) is 9.65. The summed E-state index contributed by atoms with van der Waals surface area (Å²) in [6.07, 6.45) is 3.82. The third-order valence-electron chi connectivity index (χ3n) is 4.25. The number of hydrogen-bond acceptors (Lipinski definition) is 3. The van der Waals surface area contributed by atoms with Gasteiger partial charge >= 0.3 is 0 Å². The number of nitrogen functional groups attached to an aromatic ring is 1. The van der Waals surface area contributed by atoms with Crippen molar-refractivity contribution in [3.05, 3.63) is 23.2 Å². The molecule has 0 aromatic heterocycles. The van der Waals surface area contributed by atoms with E-state index in [4.69, 9.17) is 17.3 Å². The Labute approximate surface area is 127 Å². The Hall–Kier alpha value is -0.930. The molecule has 0 amide bonds. The quantitative estimate of drug-likeness (QED) is 0.842. The van der Waals surface area contributed by atoms with Crippen molar-refractivity contribution in [3.8, 4) is 0 Å². The van der Waals surface area contributed by atoms with Gasteiger partial charge in [0.1, 0.15) is 0 Å². The van der Waals surface area contributed by atoms with Crippen LogP contribution in [0.5, 0.6) is 0 Å². The van der Waals surface area contributed by atoms with Crippen LogP contribution in [-0.2, 0) is 0 Å². The summed E-state index contributed by atoms with van der Waals surface area (Å²) < 4.78 is 0. The molecule has 20 heavy (non-hydrogen) atoms. The maximum Gasteiger partial charge on any atom is 0.0601 e. The van der Waals surface area contributed by atoms with Crippen LogP contribution in [-0.4, -0.2) is 37.1 Å². The fourth-order valence-corrected chi connectivity index (χ4v) is 3.30. The molecule has 0 bridgehead atoms. The summed E-state index contributed by atoms with van der Waals surface area (Å²) in [4.78, 5) is 5.01. The van der Waals surface area contributed by atoms with Crippen LogP contribution in [0.4, 0.5) is 11.4 Å². The molecule has 0 radical (unpaired) electrons. The second-order valence-electron chi connectivity index (χ2n) is 5.58. The van der Waals surface area contributed by atoms with Gasteiger partial charge in [-0.15, -0.1) is 0 Å². The lowest BCUT2D eigenvalue weighted by Gasteiger charge is -2.40. The van der Waals surface area contributed by atoms with Crippen LogP contribution < -0.4 is 10.6 Å². The Balaban J connectivity index is 1.97. The molecule has 1 aliphatic rings. The van der Waals surface area contributed by atoms with E-state index < -0.39 is 0 Å². The molecule has 0 spiro atoms. The topological polar surface area (TPSA) is 32.5 Å². The highest BCUT2D eigenvalue weighted by Gasteiger charge is 2.23. The SMILES string of the molecule is CCCC(CC)N1CCN(c2ccc(Cl)cc2N)CC1. The molecule has 1 heterocycles. The number of hydrogen-bond donors (Lipinski definition) is 1. The van der Waals surface area contributed by atoms with E-state index in [1.807, 2.05) is 18.2 Å². The molecular formula is C16H26ClN3. The van der Waals surface area contributed by atoms with Gasteiger partial charge in [-0.3, -0.25) is 4.90 Å². The van der Waals surface area contributed by atoms with Crippen LogP contribution in [0.3, 0.4) is 0 Å². The van der Waals surface area contributed by atoms with E-state index in [0.717, 1.165) is 43.6 Å². The zero-order valence-corrected chi connectivity index (χ0v) is 13.4. The summed E-state index contributed by atoms with van der Waals surface area (Å²) in [6.45, 7) is 8.91. The van der Waals surface area contributed by atoms with E-state index in [1.165, 1.54) is 19.3 Å². The largest absolute Gasteiger partial charge is 0.397 e. The Morgan fingerprint density at radius 3 is 2.45 bits per heavy atom. The summed E-state index contributed by atoms with van der Waals surface area (Å²) in [5, 5.41) is 0.707. The van der Waals surface area contributed by atoms with Crippen LogP contribution in [0.25, 0.3) is 0 Å². The van der Waals surface area contributed by atoms with E-state index in [1.54, 1.807) is 0 Å². The monoisotopic (exact) mass is 295 g/mol. The molecule has 112 valence electrons. The Morgan fingerprint density at radius 2 is 1.90 bits per heavy atom. The van der Waals surface area contributed by atoms with Gasteiger partial charge in [0.05, 0.1) is 11.4 Å². The van der Waals surface area contributed by atoms with E-state index in [-0.39, 0.29) is 0 Å². The van der Waals surface area contributed by atoms with E-state index in [9.17, 15) is 0 Å². The van der Waals surface area contributed by atoms with E-state index in [0.29, 0.717) is 5.02 Å². The smallest absolute Gasteiger partial charge is 0.0601 e. The molecule has 1 saturated heterocycles. The van der Waals surface area contributed by atoms with Gasteiger partial charge < -0.3 is 10.6 Å². The number of halogens is 1. The molecule has 2 rings (SSSR count). The highest BCUT2D eigenvalue weighted by Crippen LogP contribution is 2.28. The van der Waals surface area contributed by atoms with E-state index >= 15 is 0 Å². The zero-order valence-electron chi connectivity index (χ0n) is 12.6. The Bertz CT molecular complexity index is 428. The van der Waals surface area contributed by atoms with Crippen molar-refractivity contribution in [1.29, 1.82) is 0 Å². The summed E-state index contributed by atoms with van der Waals surface area (Å²) in [5.74, 6) is 0. The van der Waals surface area contributed by atoms with Gasteiger partial charge in [-0.1, -0.05) is 31.9 Å². The number of piperazine rings is 1. The highest BCUT2D eigenvalue weighted by atomic mass is 35.5. The molecule has 1 aliphatic heterocycles. The molecule has 2 N–H and O–H groups in total. The highest BCUT2D eigenvalue weighted by molar-refractivity contribution is 6.31. The third kappa shape index (κ3) is 3.58. The maximum absolute atomic E-state index is 6.08. The standard InChI is InChI=1S/C16H26ClN3/c1-3-5-14(4-2)19-8-10-20(11-9-19)16-7-6-13(17)12-15(16)18/h6-7,12,14H,3-5,8-11,18H2,1-2H3. The minimum Gasteiger partial charge on any atom is -0.397 e. The minimum absolute atomic E-state index is 0.707. The molecule has 0 aliphatic carbocycles. The van der Waals surface area contributed by atoms with Crippen molar-refractivity contribution in [2.24, 2.45) is 0 Å². The average Bonchev–Trinajstić information content (AvgIpc) is 2.45. The molecular weight excluding hydrogens is 270 g/mol. The molecule has 1 unspecified atom stereocenters. The number of anilines is 2. The second-order valence-corrected chi connectivity index (χ2v) is 6.01. The number of nitrogens with zero attached hydrogens (tertiary/aromatic N) is 2. The average molecular weight is 296 g/mol. The fraction of sp³-hybridized carbons (Fsp3) is 0.625. The lowest BCUT2D eigenvalue weighted by Crippen LogP contribution is -2.50. The predicted molar refractivity (Wildman–Crippen MR) is 88.6 cm³/mol. The Kier molecular flexibility index (Phi) is 5.55. The van der Waals surface area contributed by atoms with Crippen molar-refractivity contribution in [2.45, 2.75) is 39.2 Å². The maximum atomic E-state index is 6.08. The first-order valence-electron chi connectivity index (χ1n) is 7.69. The van der Waals surface area contributed by atoms with Crippen LogP contribution in [0.2, 0.25) is 5.02 Å². The zero-order chi connectivity index (χ0) is 14.5. The van der Waals surface area contributed by atoms with Gasteiger partial charge in [-0.05, 0) is 31.0 Å². The van der Waals surface area contributed by atoms with Gasteiger partial charge in [-0.25, -0.2) is 0 Å². The number of benzene rings is 1. The van der Waals surface area contributed by atoms with Crippen molar-refractivity contribution < 1.29 is 0 Å².